The van der Waals surface area contributed by atoms with Crippen molar-refractivity contribution in [3.63, 3.8) is 0 Å². The summed E-state index contributed by atoms with van der Waals surface area (Å²) in [5, 5.41) is 10.1. The first-order chi connectivity index (χ1) is 12.2. The van der Waals surface area contributed by atoms with E-state index < -0.39 is 9.84 Å². The summed E-state index contributed by atoms with van der Waals surface area (Å²) in [7, 11) is -3.32. The van der Waals surface area contributed by atoms with Gasteiger partial charge in [0.1, 0.15) is 5.82 Å². The van der Waals surface area contributed by atoms with Crippen LogP contribution in [0.25, 0.3) is 11.3 Å². The first kappa shape index (κ1) is 17.9. The van der Waals surface area contributed by atoms with Gasteiger partial charge in [0.2, 0.25) is 5.95 Å². The minimum absolute atomic E-state index is 0.260. The van der Waals surface area contributed by atoms with E-state index in [-0.39, 0.29) is 10.8 Å². The Kier molecular flexibility index (Phi) is 4.41. The molecule has 8 nitrogen and oxygen atoms in total. The third kappa shape index (κ3) is 3.38. The number of H-pyrrole nitrogens is 1. The number of nitrogen functional groups attached to an aromatic ring is 1. The van der Waals surface area contributed by atoms with Crippen LogP contribution in [0, 0.1) is 20.8 Å². The second-order valence-electron chi connectivity index (χ2n) is 6.18. The molecular formula is C17H20N6O2S. The Morgan fingerprint density at radius 3 is 2.50 bits per heavy atom. The molecule has 26 heavy (non-hydrogen) atoms. The average Bonchev–Trinajstić information content (AvgIpc) is 2.88. The van der Waals surface area contributed by atoms with E-state index in [1.54, 1.807) is 31.3 Å². The maximum atomic E-state index is 11.9. The predicted octanol–water partition coefficient (Wildman–Crippen LogP) is 2.52. The number of benzene rings is 1. The number of rotatable bonds is 4. The number of anilines is 3. The predicted molar refractivity (Wildman–Crippen MR) is 101 cm³/mol. The molecular weight excluding hydrogens is 352 g/mol. The average molecular weight is 372 g/mol. The van der Waals surface area contributed by atoms with E-state index in [0.29, 0.717) is 22.6 Å². The SMILES string of the molecule is Cc1ccc(Nc2ncc(-c3[nH]nc(C)c3C)c(N)n2)cc1S(C)(=O)=O. The number of sulfone groups is 1. The lowest BCUT2D eigenvalue weighted by Crippen LogP contribution is -2.04. The lowest BCUT2D eigenvalue weighted by molar-refractivity contribution is 0.601. The quantitative estimate of drug-likeness (QED) is 0.642. The van der Waals surface area contributed by atoms with E-state index in [1.807, 2.05) is 13.8 Å². The van der Waals surface area contributed by atoms with E-state index >= 15 is 0 Å². The monoisotopic (exact) mass is 372 g/mol. The Morgan fingerprint density at radius 1 is 1.19 bits per heavy atom. The Labute approximate surface area is 151 Å². The van der Waals surface area contributed by atoms with E-state index in [0.717, 1.165) is 17.0 Å². The van der Waals surface area contributed by atoms with Crippen molar-refractivity contribution in [2.45, 2.75) is 25.7 Å². The zero-order valence-corrected chi connectivity index (χ0v) is 15.8. The van der Waals surface area contributed by atoms with Crippen molar-refractivity contribution in [2.75, 3.05) is 17.3 Å². The molecule has 0 unspecified atom stereocenters. The molecule has 0 bridgehead atoms. The van der Waals surface area contributed by atoms with Crippen molar-refractivity contribution in [3.8, 4) is 11.3 Å². The van der Waals surface area contributed by atoms with Gasteiger partial charge in [0.25, 0.3) is 0 Å². The lowest BCUT2D eigenvalue weighted by atomic mass is 10.1. The van der Waals surface area contributed by atoms with Gasteiger partial charge in [-0.25, -0.2) is 13.4 Å². The summed E-state index contributed by atoms with van der Waals surface area (Å²) in [6.07, 6.45) is 2.79. The highest BCUT2D eigenvalue weighted by Gasteiger charge is 2.14. The molecule has 0 aliphatic carbocycles. The van der Waals surface area contributed by atoms with Crippen molar-refractivity contribution in [1.29, 1.82) is 0 Å². The Morgan fingerprint density at radius 2 is 1.92 bits per heavy atom. The van der Waals surface area contributed by atoms with Gasteiger partial charge in [-0.1, -0.05) is 6.07 Å². The second-order valence-corrected chi connectivity index (χ2v) is 8.16. The first-order valence-electron chi connectivity index (χ1n) is 7.89. The normalized spacial score (nSPS) is 11.5. The van der Waals surface area contributed by atoms with Crippen LogP contribution >= 0.6 is 0 Å². The molecule has 0 spiro atoms. The van der Waals surface area contributed by atoms with Crippen molar-refractivity contribution < 1.29 is 8.42 Å². The zero-order chi connectivity index (χ0) is 19.1. The number of nitrogens with zero attached hydrogens (tertiary/aromatic N) is 3. The molecule has 0 saturated heterocycles. The summed E-state index contributed by atoms with van der Waals surface area (Å²) >= 11 is 0. The largest absolute Gasteiger partial charge is 0.383 e. The molecule has 9 heteroatoms. The Balaban J connectivity index is 1.93. The van der Waals surface area contributed by atoms with Gasteiger partial charge >= 0.3 is 0 Å². The van der Waals surface area contributed by atoms with Gasteiger partial charge < -0.3 is 11.1 Å². The molecule has 4 N–H and O–H groups in total. The molecule has 3 aromatic rings. The van der Waals surface area contributed by atoms with Crippen LogP contribution in [0.2, 0.25) is 0 Å². The smallest absolute Gasteiger partial charge is 0.229 e. The molecule has 3 rings (SSSR count). The minimum Gasteiger partial charge on any atom is -0.383 e. The van der Waals surface area contributed by atoms with E-state index in [2.05, 4.69) is 25.5 Å². The highest BCUT2D eigenvalue weighted by atomic mass is 32.2. The molecule has 1 aromatic carbocycles. The first-order valence-corrected chi connectivity index (χ1v) is 9.78. The number of hydrogen-bond donors (Lipinski definition) is 3. The molecule has 2 aromatic heterocycles. The van der Waals surface area contributed by atoms with Gasteiger partial charge in [-0.05, 0) is 44.0 Å². The maximum Gasteiger partial charge on any atom is 0.229 e. The minimum atomic E-state index is -3.32. The third-order valence-corrected chi connectivity index (χ3v) is 5.42. The number of nitrogens with two attached hydrogens (primary N) is 1. The molecule has 0 aliphatic heterocycles. The third-order valence-electron chi connectivity index (χ3n) is 4.18. The lowest BCUT2D eigenvalue weighted by Gasteiger charge is -2.10. The van der Waals surface area contributed by atoms with E-state index in [4.69, 9.17) is 5.73 Å². The summed E-state index contributed by atoms with van der Waals surface area (Å²) in [4.78, 5) is 8.80. The van der Waals surface area contributed by atoms with Gasteiger partial charge in [-0.3, -0.25) is 5.10 Å². The summed E-state index contributed by atoms with van der Waals surface area (Å²) in [5.74, 6) is 0.577. The molecule has 0 saturated carbocycles. The topological polar surface area (TPSA) is 127 Å². The summed E-state index contributed by atoms with van der Waals surface area (Å²) in [6, 6.07) is 5.05. The van der Waals surface area contributed by atoms with Gasteiger partial charge in [0.05, 0.1) is 21.8 Å². The summed E-state index contributed by atoms with van der Waals surface area (Å²) < 4.78 is 23.7. The molecule has 2 heterocycles. The fourth-order valence-corrected chi connectivity index (χ4v) is 3.60. The van der Waals surface area contributed by atoms with Gasteiger partial charge in [0, 0.05) is 18.1 Å². The fraction of sp³-hybridized carbons (Fsp3) is 0.235. The van der Waals surface area contributed by atoms with Crippen molar-refractivity contribution in [1.82, 2.24) is 20.2 Å². The van der Waals surface area contributed by atoms with E-state index in [1.165, 1.54) is 6.26 Å². The maximum absolute atomic E-state index is 11.9. The highest BCUT2D eigenvalue weighted by molar-refractivity contribution is 7.90. The van der Waals surface area contributed by atoms with Crippen LogP contribution in [0.1, 0.15) is 16.8 Å². The highest BCUT2D eigenvalue weighted by Crippen LogP contribution is 2.28. The standard InChI is InChI=1S/C17H20N6O2S/c1-9-5-6-12(7-14(9)26(4,24)25)20-17-19-8-13(16(18)21-17)15-10(2)11(3)22-23-15/h5-8H,1-4H3,(H,22,23)(H3,18,19,20,21). The number of aromatic nitrogens is 4. The Bertz CT molecular complexity index is 1090. The molecule has 0 amide bonds. The van der Waals surface area contributed by atoms with Crippen LogP contribution in [0.15, 0.2) is 29.3 Å². The number of aromatic amines is 1. The van der Waals surface area contributed by atoms with Crippen molar-refractivity contribution in [3.05, 3.63) is 41.2 Å². The molecule has 0 fully saturated rings. The van der Waals surface area contributed by atoms with Crippen LogP contribution in [0.4, 0.5) is 17.5 Å². The zero-order valence-electron chi connectivity index (χ0n) is 15.0. The van der Waals surface area contributed by atoms with Gasteiger partial charge in [-0.2, -0.15) is 10.1 Å². The molecule has 0 radical (unpaired) electrons. The fourth-order valence-electron chi connectivity index (χ4n) is 2.60. The molecule has 0 atom stereocenters. The van der Waals surface area contributed by atoms with E-state index in [9.17, 15) is 8.42 Å². The summed E-state index contributed by atoms with van der Waals surface area (Å²) in [6.45, 7) is 5.59. The Hall–Kier alpha value is -2.94. The number of nitrogens with one attached hydrogen (secondary N) is 2. The van der Waals surface area contributed by atoms with Crippen LogP contribution in [-0.2, 0) is 9.84 Å². The van der Waals surface area contributed by atoms with Crippen LogP contribution in [-0.4, -0.2) is 34.8 Å². The molecule has 0 aliphatic rings. The number of aryl methyl sites for hydroxylation is 2. The van der Waals surface area contributed by atoms with Crippen LogP contribution < -0.4 is 11.1 Å². The van der Waals surface area contributed by atoms with Crippen LogP contribution in [0.5, 0.6) is 0 Å². The second kappa shape index (κ2) is 6.41. The van der Waals surface area contributed by atoms with Gasteiger partial charge in [-0.15, -0.1) is 0 Å². The molecule has 136 valence electrons. The number of hydrogen-bond acceptors (Lipinski definition) is 7. The van der Waals surface area contributed by atoms with Crippen molar-refractivity contribution >= 4 is 27.3 Å². The van der Waals surface area contributed by atoms with Crippen molar-refractivity contribution in [2.24, 2.45) is 0 Å². The summed E-state index contributed by atoms with van der Waals surface area (Å²) in [5.41, 5.74) is 10.6. The van der Waals surface area contributed by atoms with Gasteiger partial charge in [0.15, 0.2) is 9.84 Å². The van der Waals surface area contributed by atoms with Crippen LogP contribution in [0.3, 0.4) is 0 Å².